The fourth-order valence-corrected chi connectivity index (χ4v) is 1.71. The molecule has 2 atom stereocenters. The van der Waals surface area contributed by atoms with E-state index in [4.69, 9.17) is 14.7 Å². The van der Waals surface area contributed by atoms with E-state index in [1.54, 1.807) is 13.3 Å². The summed E-state index contributed by atoms with van der Waals surface area (Å²) in [6, 6.07) is 0. The van der Waals surface area contributed by atoms with E-state index in [9.17, 15) is 4.79 Å². The zero-order valence-electron chi connectivity index (χ0n) is 9.27. The highest BCUT2D eigenvalue weighted by Gasteiger charge is 2.61. The van der Waals surface area contributed by atoms with Gasteiger partial charge in [0.05, 0.1) is 12.5 Å². The summed E-state index contributed by atoms with van der Waals surface area (Å²) in [5.41, 5.74) is -0.208. The van der Waals surface area contributed by atoms with Crippen LogP contribution in [-0.4, -0.2) is 37.6 Å². The molecule has 0 spiro atoms. The second-order valence-corrected chi connectivity index (χ2v) is 4.24. The smallest absolute Gasteiger partial charge is 0.307 e. The minimum absolute atomic E-state index is 0.0301. The monoisotopic (exact) mass is 215 g/mol. The molecule has 0 aliphatic heterocycles. The summed E-state index contributed by atoms with van der Waals surface area (Å²) in [5.74, 6) is -1.14. The van der Waals surface area contributed by atoms with Crippen LogP contribution in [0.4, 0.5) is 0 Å². The van der Waals surface area contributed by atoms with Gasteiger partial charge in [0.2, 0.25) is 0 Å². The van der Waals surface area contributed by atoms with Crippen molar-refractivity contribution in [1.29, 1.82) is 0 Å². The average Bonchev–Trinajstić information content (AvgIpc) is 2.68. The lowest BCUT2D eigenvalue weighted by molar-refractivity contribution is -0.139. The van der Waals surface area contributed by atoms with Gasteiger partial charge in [-0.15, -0.1) is 0 Å². The molecule has 1 saturated carbocycles. The molecular formula is C10H17NO4. The maximum atomic E-state index is 10.8. The van der Waals surface area contributed by atoms with Gasteiger partial charge in [0.25, 0.3) is 0 Å². The van der Waals surface area contributed by atoms with Gasteiger partial charge in [0.15, 0.2) is 0 Å². The maximum absolute atomic E-state index is 10.8. The van der Waals surface area contributed by atoms with Gasteiger partial charge in [0, 0.05) is 19.2 Å². The molecule has 15 heavy (non-hydrogen) atoms. The molecule has 86 valence electrons. The minimum Gasteiger partial charge on any atom is -0.481 e. The number of oxime groups is 1. The predicted molar refractivity (Wildman–Crippen MR) is 54.7 cm³/mol. The molecule has 0 saturated heterocycles. The van der Waals surface area contributed by atoms with Crippen molar-refractivity contribution >= 4 is 12.2 Å². The van der Waals surface area contributed by atoms with E-state index in [0.29, 0.717) is 13.2 Å². The predicted octanol–water partition coefficient (Wildman–Crippen LogP) is 0.992. The lowest BCUT2D eigenvalue weighted by Gasteiger charge is -1.97. The Morgan fingerprint density at radius 3 is 2.67 bits per heavy atom. The highest BCUT2D eigenvalue weighted by atomic mass is 16.6. The van der Waals surface area contributed by atoms with E-state index >= 15 is 0 Å². The SMILES string of the molecule is COCCON=CC1[C@@H](C(=O)O)C1(C)C. The third kappa shape index (κ3) is 2.68. The van der Waals surface area contributed by atoms with E-state index in [1.165, 1.54) is 0 Å². The van der Waals surface area contributed by atoms with Gasteiger partial charge in [-0.3, -0.25) is 4.79 Å². The van der Waals surface area contributed by atoms with Crippen molar-refractivity contribution in [1.82, 2.24) is 0 Å². The van der Waals surface area contributed by atoms with Crippen LogP contribution in [0.25, 0.3) is 0 Å². The third-order valence-corrected chi connectivity index (χ3v) is 2.85. The number of aliphatic carboxylic acids is 1. The number of carboxylic acid groups (broad SMARTS) is 1. The summed E-state index contributed by atoms with van der Waals surface area (Å²) in [6.45, 7) is 4.70. The zero-order valence-corrected chi connectivity index (χ0v) is 9.27. The van der Waals surface area contributed by atoms with Crippen molar-refractivity contribution in [3.05, 3.63) is 0 Å². The molecule has 1 fully saturated rings. The maximum Gasteiger partial charge on any atom is 0.307 e. The van der Waals surface area contributed by atoms with Crippen LogP contribution in [0.3, 0.4) is 0 Å². The number of carboxylic acids is 1. The molecule has 0 radical (unpaired) electrons. The lowest BCUT2D eigenvalue weighted by atomic mass is 10.1. The first-order valence-corrected chi connectivity index (χ1v) is 4.89. The van der Waals surface area contributed by atoms with Gasteiger partial charge in [-0.25, -0.2) is 0 Å². The molecule has 1 rings (SSSR count). The normalized spacial score (nSPS) is 27.9. The first-order valence-electron chi connectivity index (χ1n) is 4.89. The van der Waals surface area contributed by atoms with Crippen LogP contribution >= 0.6 is 0 Å². The highest BCUT2D eigenvalue weighted by molar-refractivity contribution is 5.84. The Bertz CT molecular complexity index is 262. The zero-order chi connectivity index (χ0) is 11.5. The fraction of sp³-hybridized carbons (Fsp3) is 0.800. The molecule has 1 unspecified atom stereocenters. The Morgan fingerprint density at radius 1 is 1.53 bits per heavy atom. The Kier molecular flexibility index (Phi) is 3.68. The number of rotatable bonds is 6. The van der Waals surface area contributed by atoms with Crippen LogP contribution in [0.2, 0.25) is 0 Å². The van der Waals surface area contributed by atoms with E-state index < -0.39 is 5.97 Å². The Hall–Kier alpha value is -1.10. The quantitative estimate of drug-likeness (QED) is 0.407. The first kappa shape index (κ1) is 12.0. The summed E-state index contributed by atoms with van der Waals surface area (Å²) >= 11 is 0. The molecule has 1 aliphatic rings. The van der Waals surface area contributed by atoms with Crippen molar-refractivity contribution in [3.8, 4) is 0 Å². The van der Waals surface area contributed by atoms with Crippen molar-refractivity contribution in [2.45, 2.75) is 13.8 Å². The highest BCUT2D eigenvalue weighted by Crippen LogP contribution is 2.57. The average molecular weight is 215 g/mol. The molecule has 1 N–H and O–H groups in total. The van der Waals surface area contributed by atoms with Crippen molar-refractivity contribution in [2.24, 2.45) is 22.4 Å². The van der Waals surface area contributed by atoms with Gasteiger partial charge in [-0.05, 0) is 5.41 Å². The van der Waals surface area contributed by atoms with Crippen LogP contribution in [0, 0.1) is 17.3 Å². The summed E-state index contributed by atoms with van der Waals surface area (Å²) in [5, 5.41) is 12.6. The van der Waals surface area contributed by atoms with Crippen molar-refractivity contribution in [2.75, 3.05) is 20.3 Å². The Balaban J connectivity index is 2.31. The molecular weight excluding hydrogens is 198 g/mol. The van der Waals surface area contributed by atoms with Crippen molar-refractivity contribution in [3.63, 3.8) is 0 Å². The molecule has 1 aliphatic carbocycles. The van der Waals surface area contributed by atoms with Gasteiger partial charge in [-0.2, -0.15) is 0 Å². The van der Waals surface area contributed by atoms with E-state index in [2.05, 4.69) is 5.16 Å². The molecule has 0 bridgehead atoms. The van der Waals surface area contributed by atoms with E-state index in [-0.39, 0.29) is 17.3 Å². The largest absolute Gasteiger partial charge is 0.481 e. The number of nitrogens with zero attached hydrogens (tertiary/aromatic N) is 1. The number of hydrogen-bond acceptors (Lipinski definition) is 4. The van der Waals surface area contributed by atoms with Crippen LogP contribution in [0.15, 0.2) is 5.16 Å². The van der Waals surface area contributed by atoms with Crippen LogP contribution in [0.1, 0.15) is 13.8 Å². The number of carbonyl (C=O) groups is 1. The van der Waals surface area contributed by atoms with E-state index in [0.717, 1.165) is 0 Å². The van der Waals surface area contributed by atoms with Crippen LogP contribution in [0.5, 0.6) is 0 Å². The number of methoxy groups -OCH3 is 1. The fourth-order valence-electron chi connectivity index (χ4n) is 1.71. The second-order valence-electron chi connectivity index (χ2n) is 4.24. The topological polar surface area (TPSA) is 68.1 Å². The number of ether oxygens (including phenoxy) is 1. The molecule has 0 aromatic rings. The summed E-state index contributed by atoms with van der Waals surface area (Å²) < 4.78 is 4.77. The van der Waals surface area contributed by atoms with E-state index in [1.807, 2.05) is 13.8 Å². The van der Waals surface area contributed by atoms with Crippen molar-refractivity contribution < 1.29 is 19.5 Å². The Labute approximate surface area is 89.1 Å². The molecule has 5 heteroatoms. The Morgan fingerprint density at radius 2 is 2.20 bits per heavy atom. The summed E-state index contributed by atoms with van der Waals surface area (Å²) in [6.07, 6.45) is 1.58. The van der Waals surface area contributed by atoms with Crippen LogP contribution in [-0.2, 0) is 14.4 Å². The van der Waals surface area contributed by atoms with Crippen LogP contribution < -0.4 is 0 Å². The second kappa shape index (κ2) is 4.61. The molecule has 0 aromatic carbocycles. The van der Waals surface area contributed by atoms with Gasteiger partial charge in [0.1, 0.15) is 6.61 Å². The van der Waals surface area contributed by atoms with Gasteiger partial charge < -0.3 is 14.7 Å². The third-order valence-electron chi connectivity index (χ3n) is 2.85. The summed E-state index contributed by atoms with van der Waals surface area (Å²) in [4.78, 5) is 15.7. The first-order chi connectivity index (χ1) is 7.01. The molecule has 0 aromatic heterocycles. The molecule has 0 heterocycles. The standard InChI is InChI=1S/C10H17NO4/c1-10(2)7(8(10)9(12)13)6-11-15-5-4-14-3/h6-8H,4-5H2,1-3H3,(H,12,13)/t7?,8-/m0/s1. The molecule has 0 amide bonds. The number of hydrogen-bond donors (Lipinski definition) is 1. The van der Waals surface area contributed by atoms with Gasteiger partial charge in [-0.1, -0.05) is 19.0 Å². The van der Waals surface area contributed by atoms with Gasteiger partial charge >= 0.3 is 5.97 Å². The minimum atomic E-state index is -0.770. The summed E-state index contributed by atoms with van der Waals surface area (Å²) in [7, 11) is 1.58. The molecule has 5 nitrogen and oxygen atoms in total. The lowest BCUT2D eigenvalue weighted by Crippen LogP contribution is -2.03.